The van der Waals surface area contributed by atoms with Crippen LogP contribution < -0.4 is 16.0 Å². The molecule has 0 bridgehead atoms. The summed E-state index contributed by atoms with van der Waals surface area (Å²) in [5.74, 6) is 0. The van der Waals surface area contributed by atoms with Gasteiger partial charge in [-0.25, -0.2) is 4.98 Å². The third-order valence-electron chi connectivity index (χ3n) is 17.9. The maximum absolute atomic E-state index is 6.59. The number of oxazole rings is 1. The van der Waals surface area contributed by atoms with E-state index in [1.807, 2.05) is 65.1 Å². The zero-order chi connectivity index (χ0) is 64.4. The number of aromatic nitrogens is 1. The van der Waals surface area contributed by atoms with E-state index in [1.54, 1.807) is 0 Å². The fourth-order valence-corrected chi connectivity index (χ4v) is 15.5. The van der Waals surface area contributed by atoms with Crippen molar-refractivity contribution in [1.29, 1.82) is 0 Å². The molecular weight excluding hydrogens is 1220 g/mol. The van der Waals surface area contributed by atoms with Gasteiger partial charge >= 0.3 is 0 Å². The normalized spacial score (nSPS) is 11.3. The Morgan fingerprint density at radius 3 is 1.43 bits per heavy atom. The van der Waals surface area contributed by atoms with E-state index < -0.39 is 0 Å². The van der Waals surface area contributed by atoms with Gasteiger partial charge in [-0.1, -0.05) is 237 Å². The highest BCUT2D eigenvalue weighted by Gasteiger charge is 2.20. The fraction of sp³-hybridized carbons (Fsp3) is 0. The minimum atomic E-state index is 0.795. The lowest BCUT2D eigenvalue weighted by Gasteiger charge is -2.12. The van der Waals surface area contributed by atoms with E-state index in [1.165, 1.54) is 85.5 Å². The van der Waals surface area contributed by atoms with Gasteiger partial charge in [-0.3, -0.25) is 0 Å². The summed E-state index contributed by atoms with van der Waals surface area (Å²) in [6, 6.07) is 119. The minimum Gasteiger partial charge on any atom is -0.455 e. The molecule has 4 heterocycles. The molecule has 97 heavy (non-hydrogen) atoms. The monoisotopic (exact) mass is 1280 g/mol. The molecule has 0 aliphatic rings. The highest BCUT2D eigenvalue weighted by atomic mass is 32.1. The number of para-hydroxylation sites is 1. The van der Waals surface area contributed by atoms with Gasteiger partial charge in [0.2, 0.25) is 0 Å². The molecule has 3 N–H and O–H groups in total. The number of anilines is 6. The van der Waals surface area contributed by atoms with E-state index in [-0.39, 0.29) is 0 Å². The topological polar surface area (TPSA) is 75.3 Å². The molecule has 0 radical (unpaired) electrons. The standard InChI is InChI=1S/C31H20N2OS.C30H21NS.C28H19NO/c1-2-6-20(7-3-1)21-10-13-24(14-11-21)33-28-17-23(22-12-15-27-29(18-22)34-19-32-27)16-26-25-8-4-5-9-30(25)35-31(26)28;1-3-9-21(10-4-1)22-15-17-24(18-16-22)31-25-19-27(23-11-5-2-6-12-23)30-28(20-25)26-13-7-8-14-29(26)32-30;1-3-9-19(10-4-1)23-17-18-25(29-21-12-5-2-6-13-21)26-24-16-15-20-11-7-8-14-22(20)27(24)30-28(23)26/h1-19,33H;1-20,31H;1-18,29H. The number of nitrogens with one attached hydrogen (secondary N) is 3. The van der Waals surface area contributed by atoms with Gasteiger partial charge < -0.3 is 24.8 Å². The lowest BCUT2D eigenvalue weighted by atomic mass is 10.00. The van der Waals surface area contributed by atoms with Crippen LogP contribution in [0.4, 0.5) is 34.1 Å². The number of fused-ring (bicyclic) bond motifs is 12. The number of benzene rings is 15. The lowest BCUT2D eigenvalue weighted by molar-refractivity contribution is 0.602. The summed E-state index contributed by atoms with van der Waals surface area (Å²) >= 11 is 3.69. The van der Waals surface area contributed by atoms with Crippen LogP contribution in [0.2, 0.25) is 0 Å². The number of rotatable bonds is 11. The van der Waals surface area contributed by atoms with Crippen molar-refractivity contribution in [2.75, 3.05) is 16.0 Å². The van der Waals surface area contributed by atoms with Gasteiger partial charge in [0.1, 0.15) is 16.7 Å². The second kappa shape index (κ2) is 25.9. The molecule has 6 nitrogen and oxygen atoms in total. The molecule has 0 saturated heterocycles. The highest BCUT2D eigenvalue weighted by Crippen LogP contribution is 2.46. The molecule has 460 valence electrons. The SMILES string of the molecule is c1ccc(-c2ccc(Nc3cc(-c4ccc5ncoc5c4)cc4c3sc3ccccc34)cc2)cc1.c1ccc(-c2ccc(Nc3cc(-c4ccccc4)c4sc5ccccc5c4c3)cc2)cc1.c1ccc(Nc2ccc(-c3ccccc3)c3oc4c5ccccc5ccc4c23)cc1. The van der Waals surface area contributed by atoms with Gasteiger partial charge in [0, 0.05) is 80.3 Å². The number of hydrogen-bond acceptors (Lipinski definition) is 8. The van der Waals surface area contributed by atoms with Crippen LogP contribution in [0, 0.1) is 0 Å². The smallest absolute Gasteiger partial charge is 0.181 e. The van der Waals surface area contributed by atoms with Crippen molar-refractivity contribution >= 4 is 141 Å². The summed E-state index contributed by atoms with van der Waals surface area (Å²) in [6.07, 6.45) is 1.50. The Labute approximate surface area is 568 Å². The first-order valence-electron chi connectivity index (χ1n) is 32.4. The molecule has 0 spiro atoms. The highest BCUT2D eigenvalue weighted by molar-refractivity contribution is 7.26. The van der Waals surface area contributed by atoms with Crippen molar-refractivity contribution in [1.82, 2.24) is 4.98 Å². The molecule has 4 aromatic heterocycles. The maximum atomic E-state index is 6.59. The van der Waals surface area contributed by atoms with Crippen molar-refractivity contribution < 1.29 is 8.83 Å². The van der Waals surface area contributed by atoms with E-state index in [0.29, 0.717) is 0 Å². The van der Waals surface area contributed by atoms with Crippen molar-refractivity contribution in [2.45, 2.75) is 0 Å². The minimum absolute atomic E-state index is 0.795. The summed E-state index contributed by atoms with van der Waals surface area (Å²) < 4.78 is 17.4. The van der Waals surface area contributed by atoms with Crippen molar-refractivity contribution in [3.8, 4) is 55.6 Å². The molecule has 0 unspecified atom stereocenters. The second-order valence-corrected chi connectivity index (χ2v) is 26.1. The van der Waals surface area contributed by atoms with Crippen LogP contribution in [0.5, 0.6) is 0 Å². The molecule has 8 heteroatoms. The van der Waals surface area contributed by atoms with Crippen molar-refractivity contribution in [3.05, 3.63) is 346 Å². The maximum Gasteiger partial charge on any atom is 0.181 e. The van der Waals surface area contributed by atoms with Crippen LogP contribution in [0.25, 0.3) is 140 Å². The van der Waals surface area contributed by atoms with Crippen molar-refractivity contribution in [3.63, 3.8) is 0 Å². The molecule has 0 aliphatic carbocycles. The lowest BCUT2D eigenvalue weighted by Crippen LogP contribution is -1.92. The quantitative estimate of drug-likeness (QED) is 0.120. The Bertz CT molecular complexity index is 6010. The van der Waals surface area contributed by atoms with Crippen LogP contribution in [-0.4, -0.2) is 4.98 Å². The van der Waals surface area contributed by atoms with E-state index in [0.717, 1.165) is 94.8 Å². The average molecular weight is 1280 g/mol. The van der Waals surface area contributed by atoms with Gasteiger partial charge in [-0.05, 0) is 153 Å². The molecular formula is C89H60N4O2S2. The molecule has 15 aromatic carbocycles. The zero-order valence-corrected chi connectivity index (χ0v) is 54.1. The summed E-state index contributed by atoms with van der Waals surface area (Å²) in [4.78, 5) is 4.26. The Morgan fingerprint density at radius 1 is 0.278 bits per heavy atom. The predicted octanol–water partition coefficient (Wildman–Crippen LogP) is 26.6. The third-order valence-corrected chi connectivity index (χ3v) is 20.3. The predicted molar refractivity (Wildman–Crippen MR) is 414 cm³/mol. The Hall–Kier alpha value is -12.3. The van der Waals surface area contributed by atoms with Gasteiger partial charge in [0.05, 0.1) is 21.5 Å². The summed E-state index contributed by atoms with van der Waals surface area (Å²) in [5, 5.41) is 20.6. The molecule has 0 fully saturated rings. The van der Waals surface area contributed by atoms with Crippen LogP contribution >= 0.6 is 22.7 Å². The second-order valence-electron chi connectivity index (χ2n) is 24.0. The number of thiophene rings is 2. The molecule has 19 aromatic rings. The number of nitrogens with zero attached hydrogens (tertiary/aromatic N) is 1. The summed E-state index contributed by atoms with van der Waals surface area (Å²) in [6.45, 7) is 0. The fourth-order valence-electron chi connectivity index (χ4n) is 13.2. The molecule has 19 rings (SSSR count). The van der Waals surface area contributed by atoms with Gasteiger partial charge in [-0.15, -0.1) is 22.7 Å². The van der Waals surface area contributed by atoms with Crippen LogP contribution in [0.1, 0.15) is 0 Å². The first kappa shape index (κ1) is 58.5. The summed E-state index contributed by atoms with van der Waals surface area (Å²) in [5.41, 5.74) is 21.9. The average Bonchev–Trinajstić information content (AvgIpc) is 1.61. The third kappa shape index (κ3) is 11.8. The first-order chi connectivity index (χ1) is 48.0. The van der Waals surface area contributed by atoms with Crippen molar-refractivity contribution in [2.24, 2.45) is 0 Å². The van der Waals surface area contributed by atoms with E-state index in [2.05, 4.69) is 318 Å². The zero-order valence-electron chi connectivity index (χ0n) is 52.5. The Balaban J connectivity index is 0.000000110. The number of furan rings is 1. The van der Waals surface area contributed by atoms with Crippen LogP contribution in [-0.2, 0) is 0 Å². The van der Waals surface area contributed by atoms with Gasteiger partial charge in [-0.2, -0.15) is 0 Å². The Kier molecular flexibility index (Phi) is 15.6. The largest absolute Gasteiger partial charge is 0.455 e. The van der Waals surface area contributed by atoms with Crippen LogP contribution in [0.3, 0.4) is 0 Å². The van der Waals surface area contributed by atoms with Gasteiger partial charge in [0.15, 0.2) is 12.0 Å². The molecule has 0 amide bonds. The van der Waals surface area contributed by atoms with E-state index >= 15 is 0 Å². The van der Waals surface area contributed by atoms with E-state index in [4.69, 9.17) is 8.83 Å². The summed E-state index contributed by atoms with van der Waals surface area (Å²) in [7, 11) is 0. The molecule has 0 atom stereocenters. The van der Waals surface area contributed by atoms with Gasteiger partial charge in [0.25, 0.3) is 0 Å². The number of hydrogen-bond donors (Lipinski definition) is 3. The molecule has 0 saturated carbocycles. The first-order valence-corrected chi connectivity index (χ1v) is 34.1. The van der Waals surface area contributed by atoms with E-state index in [9.17, 15) is 0 Å². The Morgan fingerprint density at radius 2 is 0.784 bits per heavy atom. The van der Waals surface area contributed by atoms with Crippen LogP contribution in [0.15, 0.2) is 355 Å². The molecule has 0 aliphatic heterocycles.